The third kappa shape index (κ3) is 3.75. The summed E-state index contributed by atoms with van der Waals surface area (Å²) in [5.74, 6) is 3.03. The molecule has 0 bridgehead atoms. The molecule has 0 radical (unpaired) electrons. The van der Waals surface area contributed by atoms with Gasteiger partial charge in [0, 0.05) is 30.1 Å². The minimum Gasteiger partial charge on any atom is -0.369 e. The standard InChI is InChI=1S/C13H21BrN4S/c1-4-5-15-11-10(14)12(17-9-16-11)18-6-7-19-13(2,3)8-18/h9H,4-8H2,1-3H3,(H,15,16,17). The van der Waals surface area contributed by atoms with Gasteiger partial charge in [0.1, 0.15) is 22.4 Å². The van der Waals surface area contributed by atoms with E-state index in [9.17, 15) is 0 Å². The Bertz CT molecular complexity index is 439. The molecule has 1 fully saturated rings. The predicted octanol–water partition coefficient (Wildman–Crippen LogP) is 3.39. The number of rotatable bonds is 4. The summed E-state index contributed by atoms with van der Waals surface area (Å²) in [4.78, 5) is 11.1. The molecule has 0 atom stereocenters. The average molecular weight is 345 g/mol. The summed E-state index contributed by atoms with van der Waals surface area (Å²) in [5, 5.41) is 3.33. The van der Waals surface area contributed by atoms with Crippen molar-refractivity contribution in [2.75, 3.05) is 35.6 Å². The van der Waals surface area contributed by atoms with Gasteiger partial charge in [0.25, 0.3) is 0 Å². The Kier molecular flexibility index (Phi) is 4.95. The molecule has 106 valence electrons. The smallest absolute Gasteiger partial charge is 0.148 e. The van der Waals surface area contributed by atoms with E-state index in [-0.39, 0.29) is 4.75 Å². The number of nitrogens with one attached hydrogen (secondary N) is 1. The van der Waals surface area contributed by atoms with Crippen molar-refractivity contribution in [2.45, 2.75) is 31.9 Å². The lowest BCUT2D eigenvalue weighted by Crippen LogP contribution is -2.43. The molecule has 0 amide bonds. The first-order chi connectivity index (χ1) is 9.03. The molecule has 1 aromatic heterocycles. The summed E-state index contributed by atoms with van der Waals surface area (Å²) >= 11 is 5.68. The van der Waals surface area contributed by atoms with Crippen LogP contribution in [0.2, 0.25) is 0 Å². The minimum absolute atomic E-state index is 0.277. The first-order valence-corrected chi connectivity index (χ1v) is 8.44. The molecule has 1 N–H and O–H groups in total. The fraction of sp³-hybridized carbons (Fsp3) is 0.692. The Hall–Kier alpha value is -0.490. The van der Waals surface area contributed by atoms with Gasteiger partial charge in [0.15, 0.2) is 0 Å². The highest BCUT2D eigenvalue weighted by Crippen LogP contribution is 2.35. The van der Waals surface area contributed by atoms with Gasteiger partial charge in [-0.3, -0.25) is 0 Å². The van der Waals surface area contributed by atoms with Gasteiger partial charge < -0.3 is 10.2 Å². The van der Waals surface area contributed by atoms with Gasteiger partial charge in [-0.1, -0.05) is 6.92 Å². The molecule has 1 aliphatic rings. The fourth-order valence-electron chi connectivity index (χ4n) is 2.14. The second kappa shape index (κ2) is 6.31. The molecule has 2 heterocycles. The number of thioether (sulfide) groups is 1. The van der Waals surface area contributed by atoms with Gasteiger partial charge in [0.05, 0.1) is 0 Å². The van der Waals surface area contributed by atoms with E-state index in [2.05, 4.69) is 56.9 Å². The van der Waals surface area contributed by atoms with Gasteiger partial charge in [-0.15, -0.1) is 0 Å². The summed E-state index contributed by atoms with van der Waals surface area (Å²) in [7, 11) is 0. The summed E-state index contributed by atoms with van der Waals surface area (Å²) < 4.78 is 1.26. The maximum absolute atomic E-state index is 4.45. The quantitative estimate of drug-likeness (QED) is 0.906. The van der Waals surface area contributed by atoms with Gasteiger partial charge in [0.2, 0.25) is 0 Å². The zero-order valence-electron chi connectivity index (χ0n) is 11.7. The van der Waals surface area contributed by atoms with Crippen LogP contribution in [0.5, 0.6) is 0 Å². The van der Waals surface area contributed by atoms with Crippen LogP contribution in [0.25, 0.3) is 0 Å². The Morgan fingerprint density at radius 3 is 2.95 bits per heavy atom. The van der Waals surface area contributed by atoms with E-state index in [1.807, 2.05) is 11.8 Å². The van der Waals surface area contributed by atoms with Crippen LogP contribution >= 0.6 is 27.7 Å². The Morgan fingerprint density at radius 1 is 1.47 bits per heavy atom. The first kappa shape index (κ1) is 14.9. The van der Waals surface area contributed by atoms with Gasteiger partial charge in [-0.25, -0.2) is 9.97 Å². The molecule has 0 aliphatic carbocycles. The SMILES string of the molecule is CCCNc1ncnc(N2CCSC(C)(C)C2)c1Br. The van der Waals surface area contributed by atoms with Gasteiger partial charge in [-0.2, -0.15) is 11.8 Å². The largest absolute Gasteiger partial charge is 0.369 e. The first-order valence-electron chi connectivity index (χ1n) is 6.67. The molecule has 0 aromatic carbocycles. The molecule has 2 rings (SSSR count). The zero-order chi connectivity index (χ0) is 13.9. The molecule has 0 spiro atoms. The lowest BCUT2D eigenvalue weighted by molar-refractivity contribution is 0.640. The van der Waals surface area contributed by atoms with E-state index >= 15 is 0 Å². The molecule has 19 heavy (non-hydrogen) atoms. The second-order valence-electron chi connectivity index (χ2n) is 5.32. The molecule has 1 saturated heterocycles. The van der Waals surface area contributed by atoms with Crippen molar-refractivity contribution in [3.8, 4) is 0 Å². The highest BCUT2D eigenvalue weighted by atomic mass is 79.9. The zero-order valence-corrected chi connectivity index (χ0v) is 14.1. The van der Waals surface area contributed by atoms with Crippen molar-refractivity contribution in [2.24, 2.45) is 0 Å². The van der Waals surface area contributed by atoms with Crippen LogP contribution in [0.15, 0.2) is 10.8 Å². The second-order valence-corrected chi connectivity index (χ2v) is 7.91. The van der Waals surface area contributed by atoms with Crippen molar-refractivity contribution in [1.29, 1.82) is 0 Å². The van der Waals surface area contributed by atoms with Crippen LogP contribution in [-0.2, 0) is 0 Å². The lowest BCUT2D eigenvalue weighted by atomic mass is 10.2. The molecule has 6 heteroatoms. The van der Waals surface area contributed by atoms with Gasteiger partial charge in [-0.05, 0) is 36.2 Å². The summed E-state index contributed by atoms with van der Waals surface area (Å²) in [5.41, 5.74) is 0. The lowest BCUT2D eigenvalue weighted by Gasteiger charge is -2.38. The van der Waals surface area contributed by atoms with Crippen LogP contribution in [-0.4, -0.2) is 40.1 Å². The van der Waals surface area contributed by atoms with E-state index < -0.39 is 0 Å². The normalized spacial score (nSPS) is 18.4. The van der Waals surface area contributed by atoms with Crippen molar-refractivity contribution in [3.05, 3.63) is 10.8 Å². The molecule has 0 unspecified atom stereocenters. The molecule has 1 aliphatic heterocycles. The third-order valence-electron chi connectivity index (χ3n) is 3.04. The number of anilines is 2. The number of halogens is 1. The van der Waals surface area contributed by atoms with Crippen molar-refractivity contribution < 1.29 is 0 Å². The fourth-order valence-corrected chi connectivity index (χ4v) is 3.85. The van der Waals surface area contributed by atoms with Crippen LogP contribution < -0.4 is 10.2 Å². The van der Waals surface area contributed by atoms with Crippen molar-refractivity contribution in [1.82, 2.24) is 9.97 Å². The van der Waals surface area contributed by atoms with E-state index in [0.29, 0.717) is 0 Å². The van der Waals surface area contributed by atoms with Crippen molar-refractivity contribution in [3.63, 3.8) is 0 Å². The molecular weight excluding hydrogens is 324 g/mol. The van der Waals surface area contributed by atoms with E-state index in [0.717, 1.165) is 47.9 Å². The van der Waals surface area contributed by atoms with E-state index in [1.165, 1.54) is 0 Å². The number of hydrogen-bond acceptors (Lipinski definition) is 5. The molecule has 1 aromatic rings. The number of hydrogen-bond donors (Lipinski definition) is 1. The summed E-state index contributed by atoms with van der Waals surface area (Å²) in [6, 6.07) is 0. The topological polar surface area (TPSA) is 41.1 Å². The highest BCUT2D eigenvalue weighted by molar-refractivity contribution is 9.10. The minimum atomic E-state index is 0.277. The average Bonchev–Trinajstić information content (AvgIpc) is 2.36. The Morgan fingerprint density at radius 2 is 2.26 bits per heavy atom. The van der Waals surface area contributed by atoms with Crippen LogP contribution in [0.4, 0.5) is 11.6 Å². The van der Waals surface area contributed by atoms with Gasteiger partial charge >= 0.3 is 0 Å². The number of nitrogens with zero attached hydrogens (tertiary/aromatic N) is 3. The maximum atomic E-state index is 4.45. The maximum Gasteiger partial charge on any atom is 0.148 e. The molecular formula is C13H21BrN4S. The summed E-state index contributed by atoms with van der Waals surface area (Å²) in [6.45, 7) is 9.70. The highest BCUT2D eigenvalue weighted by Gasteiger charge is 2.29. The Labute approximate surface area is 127 Å². The number of aromatic nitrogens is 2. The van der Waals surface area contributed by atoms with Crippen LogP contribution in [0, 0.1) is 0 Å². The molecule has 0 saturated carbocycles. The van der Waals surface area contributed by atoms with Crippen LogP contribution in [0.3, 0.4) is 0 Å². The van der Waals surface area contributed by atoms with Crippen molar-refractivity contribution >= 4 is 39.3 Å². The monoisotopic (exact) mass is 344 g/mol. The molecule has 4 nitrogen and oxygen atoms in total. The Balaban J connectivity index is 2.19. The predicted molar refractivity (Wildman–Crippen MR) is 87.3 cm³/mol. The van der Waals surface area contributed by atoms with Crippen LogP contribution in [0.1, 0.15) is 27.2 Å². The van der Waals surface area contributed by atoms with E-state index in [4.69, 9.17) is 0 Å². The third-order valence-corrected chi connectivity index (χ3v) is 5.07. The van der Waals surface area contributed by atoms with E-state index in [1.54, 1.807) is 6.33 Å². The summed E-state index contributed by atoms with van der Waals surface area (Å²) in [6.07, 6.45) is 2.73.